The Labute approximate surface area is 153 Å². The molecule has 0 aromatic rings. The van der Waals surface area contributed by atoms with Crippen LogP contribution in [0.25, 0.3) is 0 Å². The number of hydrogen-bond acceptors (Lipinski definition) is 4. The first-order valence-corrected chi connectivity index (χ1v) is 8.53. The van der Waals surface area contributed by atoms with Gasteiger partial charge in [0.1, 0.15) is 6.10 Å². The first-order chi connectivity index (χ1) is 12.1. The second-order valence-electron chi connectivity index (χ2n) is 7.31. The first-order valence-electron chi connectivity index (χ1n) is 8.53. The van der Waals surface area contributed by atoms with E-state index in [1.807, 2.05) is 0 Å². The maximum Gasteiger partial charge on any atom is 0.453 e. The summed E-state index contributed by atoms with van der Waals surface area (Å²) in [5.74, 6) is -4.79. The summed E-state index contributed by atoms with van der Waals surface area (Å²) >= 11 is 0. The molecule has 27 heavy (non-hydrogen) atoms. The fourth-order valence-electron chi connectivity index (χ4n) is 3.08. The summed E-state index contributed by atoms with van der Waals surface area (Å²) in [6, 6.07) is 0. The maximum atomic E-state index is 13.1. The Bertz CT molecular complexity index is 506. The van der Waals surface area contributed by atoms with Gasteiger partial charge in [-0.3, -0.25) is 0 Å². The lowest BCUT2D eigenvalue weighted by Crippen LogP contribution is -2.58. The highest BCUT2D eigenvalue weighted by atomic mass is 19.4. The number of carbonyl (C=O) groups excluding carboxylic acids is 1. The molecule has 0 aromatic carbocycles. The van der Waals surface area contributed by atoms with Gasteiger partial charge in [-0.15, -0.1) is 0 Å². The van der Waals surface area contributed by atoms with Crippen LogP contribution < -0.4 is 5.73 Å². The lowest BCUT2D eigenvalue weighted by molar-refractivity contribution is -0.449. The number of alkyl halides is 6. The van der Waals surface area contributed by atoms with Crippen LogP contribution in [0.1, 0.15) is 53.4 Å². The molecule has 160 valence electrons. The Morgan fingerprint density at radius 3 is 2.07 bits per heavy atom. The van der Waals surface area contributed by atoms with Crippen LogP contribution in [-0.4, -0.2) is 42.0 Å². The molecule has 5 nitrogen and oxygen atoms in total. The molecule has 0 spiro atoms. The summed E-state index contributed by atoms with van der Waals surface area (Å²) in [5.41, 5.74) is 3.16. The second kappa shape index (κ2) is 8.02. The van der Waals surface area contributed by atoms with Crippen molar-refractivity contribution in [2.24, 2.45) is 11.7 Å². The van der Waals surface area contributed by atoms with Crippen LogP contribution in [0.3, 0.4) is 0 Å². The van der Waals surface area contributed by atoms with Gasteiger partial charge in [-0.05, 0) is 45.4 Å². The van der Waals surface area contributed by atoms with Crippen molar-refractivity contribution < 1.29 is 45.3 Å². The van der Waals surface area contributed by atoms with Crippen LogP contribution in [0, 0.1) is 5.92 Å². The van der Waals surface area contributed by atoms with E-state index in [9.17, 15) is 31.1 Å². The highest BCUT2D eigenvalue weighted by molar-refractivity contribution is 5.64. The quantitative estimate of drug-likeness (QED) is 0.620. The van der Waals surface area contributed by atoms with Gasteiger partial charge in [-0.2, -0.15) is 26.3 Å². The average Bonchev–Trinajstić information content (AvgIpc) is 2.75. The topological polar surface area (TPSA) is 70.8 Å². The molecule has 0 aromatic heterocycles. The van der Waals surface area contributed by atoms with Gasteiger partial charge in [0.15, 0.2) is 0 Å². The van der Waals surface area contributed by atoms with Gasteiger partial charge < -0.3 is 19.9 Å². The molecule has 1 saturated heterocycles. The molecule has 3 unspecified atom stereocenters. The summed E-state index contributed by atoms with van der Waals surface area (Å²) in [6.45, 7) is 5.77. The highest BCUT2D eigenvalue weighted by Crippen LogP contribution is 2.55. The number of amides is 1. The third-order valence-electron chi connectivity index (χ3n) is 4.56. The molecule has 3 atom stereocenters. The summed E-state index contributed by atoms with van der Waals surface area (Å²) in [6.07, 6.45) is -13.4. The van der Waals surface area contributed by atoms with Crippen molar-refractivity contribution in [3.05, 3.63) is 0 Å². The monoisotopic (exact) mass is 409 g/mol. The zero-order chi connectivity index (χ0) is 21.3. The van der Waals surface area contributed by atoms with E-state index in [0.717, 1.165) is 13.8 Å². The standard InChI is InChI=1S/C16H25F6NO4/c1-5-10(25-12(23)24)8-9(2)6-7-11-13(3,4)27-14(26-11,15(17,18)19)16(20,21)22/h9-11H,5-8H2,1-4H3,(H2,23,24). The summed E-state index contributed by atoms with van der Waals surface area (Å²) in [4.78, 5) is 10.8. The largest absolute Gasteiger partial charge is 0.453 e. The Morgan fingerprint density at radius 1 is 1.19 bits per heavy atom. The molecular formula is C16H25F6NO4. The van der Waals surface area contributed by atoms with Crippen molar-refractivity contribution in [2.75, 3.05) is 0 Å². The van der Waals surface area contributed by atoms with E-state index in [4.69, 9.17) is 10.5 Å². The van der Waals surface area contributed by atoms with Gasteiger partial charge in [0, 0.05) is 0 Å². The first kappa shape index (κ1) is 23.8. The molecule has 1 heterocycles. The Hall–Kier alpha value is -1.23. The van der Waals surface area contributed by atoms with Crippen LogP contribution in [0.5, 0.6) is 0 Å². The minimum absolute atomic E-state index is 0.0882. The number of hydrogen-bond donors (Lipinski definition) is 1. The zero-order valence-corrected chi connectivity index (χ0v) is 15.5. The number of nitrogens with two attached hydrogens (primary N) is 1. The fraction of sp³-hybridized carbons (Fsp3) is 0.938. The SMILES string of the molecule is CCC(CC(C)CCC1OC(C(F)(F)F)(C(F)(F)F)OC1(C)C)OC(N)=O. The van der Waals surface area contributed by atoms with E-state index in [-0.39, 0.29) is 18.8 Å². The molecule has 1 fully saturated rings. The lowest BCUT2D eigenvalue weighted by atomic mass is 9.91. The van der Waals surface area contributed by atoms with Crippen molar-refractivity contribution in [2.45, 2.75) is 89.3 Å². The van der Waals surface area contributed by atoms with Crippen LogP contribution in [0.15, 0.2) is 0 Å². The van der Waals surface area contributed by atoms with E-state index in [1.165, 1.54) is 0 Å². The molecule has 1 rings (SSSR count). The average molecular weight is 409 g/mol. The molecule has 0 saturated carbocycles. The van der Waals surface area contributed by atoms with Gasteiger partial charge in [-0.1, -0.05) is 13.8 Å². The molecule has 1 amide bonds. The van der Waals surface area contributed by atoms with Crippen LogP contribution in [-0.2, 0) is 14.2 Å². The summed E-state index contributed by atoms with van der Waals surface area (Å²) in [5, 5.41) is 0. The van der Waals surface area contributed by atoms with E-state index >= 15 is 0 Å². The van der Waals surface area contributed by atoms with E-state index in [1.54, 1.807) is 13.8 Å². The van der Waals surface area contributed by atoms with Crippen molar-refractivity contribution in [3.8, 4) is 0 Å². The molecule has 0 aliphatic carbocycles. The number of rotatable bonds is 7. The molecule has 1 aliphatic rings. The predicted molar refractivity (Wildman–Crippen MR) is 82.6 cm³/mol. The molecule has 11 heteroatoms. The Balaban J connectivity index is 2.82. The number of ether oxygens (including phenoxy) is 3. The normalized spacial score (nSPS) is 24.4. The minimum Gasteiger partial charge on any atom is -0.446 e. The van der Waals surface area contributed by atoms with Gasteiger partial charge in [0.2, 0.25) is 0 Å². The number of carbonyl (C=O) groups is 1. The lowest BCUT2D eigenvalue weighted by Gasteiger charge is -2.32. The van der Waals surface area contributed by atoms with Gasteiger partial charge in [0.25, 0.3) is 0 Å². The zero-order valence-electron chi connectivity index (χ0n) is 15.5. The van der Waals surface area contributed by atoms with Crippen LogP contribution in [0.4, 0.5) is 31.1 Å². The summed E-state index contributed by atoms with van der Waals surface area (Å²) in [7, 11) is 0. The molecule has 1 aliphatic heterocycles. The highest BCUT2D eigenvalue weighted by Gasteiger charge is 2.79. The van der Waals surface area contributed by atoms with E-state index in [0.29, 0.717) is 12.8 Å². The number of primary amides is 1. The fourth-order valence-corrected chi connectivity index (χ4v) is 3.08. The van der Waals surface area contributed by atoms with Crippen molar-refractivity contribution >= 4 is 6.09 Å². The number of halogens is 6. The third kappa shape index (κ3) is 5.40. The molecule has 2 N–H and O–H groups in total. The minimum atomic E-state index is -5.77. The van der Waals surface area contributed by atoms with Crippen LogP contribution >= 0.6 is 0 Å². The van der Waals surface area contributed by atoms with E-state index in [2.05, 4.69) is 9.47 Å². The smallest absolute Gasteiger partial charge is 0.446 e. The third-order valence-corrected chi connectivity index (χ3v) is 4.56. The Kier molecular flexibility index (Phi) is 7.07. The van der Waals surface area contributed by atoms with Gasteiger partial charge in [-0.25, -0.2) is 4.79 Å². The Morgan fingerprint density at radius 2 is 1.70 bits per heavy atom. The van der Waals surface area contributed by atoms with Crippen molar-refractivity contribution in [3.63, 3.8) is 0 Å². The molecule has 0 bridgehead atoms. The molecular weight excluding hydrogens is 384 g/mol. The maximum absolute atomic E-state index is 13.1. The van der Waals surface area contributed by atoms with Gasteiger partial charge in [0.05, 0.1) is 11.7 Å². The van der Waals surface area contributed by atoms with Crippen molar-refractivity contribution in [1.82, 2.24) is 0 Å². The van der Waals surface area contributed by atoms with Crippen LogP contribution in [0.2, 0.25) is 0 Å². The second-order valence-corrected chi connectivity index (χ2v) is 7.31. The molecule has 0 radical (unpaired) electrons. The van der Waals surface area contributed by atoms with Gasteiger partial charge >= 0.3 is 24.2 Å². The summed E-state index contributed by atoms with van der Waals surface area (Å²) < 4.78 is 92.6. The predicted octanol–water partition coefficient (Wildman–Crippen LogP) is 4.68. The van der Waals surface area contributed by atoms with Crippen molar-refractivity contribution in [1.29, 1.82) is 0 Å². The van der Waals surface area contributed by atoms with E-state index < -0.39 is 42.0 Å².